The van der Waals surface area contributed by atoms with Gasteiger partial charge in [0.05, 0.1) is 12.2 Å². The van der Waals surface area contributed by atoms with Gasteiger partial charge in [-0.05, 0) is 49.2 Å². The second-order valence-corrected chi connectivity index (χ2v) is 4.73. The predicted octanol–water partition coefficient (Wildman–Crippen LogP) is 4.38. The van der Waals surface area contributed by atoms with E-state index in [1.54, 1.807) is 24.3 Å². The van der Waals surface area contributed by atoms with Gasteiger partial charge in [-0.2, -0.15) is 0 Å². The number of halogens is 2. The fourth-order valence-corrected chi connectivity index (χ4v) is 1.99. The summed E-state index contributed by atoms with van der Waals surface area (Å²) in [4.78, 5) is 0. The molecule has 0 fully saturated rings. The monoisotopic (exact) mass is 280 g/mol. The molecule has 0 atom stereocenters. The molecule has 2 rings (SSSR count). The maximum Gasteiger partial charge on any atom is 0.135 e. The number of hydrogen-bond donors (Lipinski definition) is 1. The van der Waals surface area contributed by atoms with E-state index in [0.717, 1.165) is 11.1 Å². The van der Waals surface area contributed by atoms with Gasteiger partial charge in [0, 0.05) is 5.02 Å². The molecule has 19 heavy (non-hydrogen) atoms. The third-order valence-electron chi connectivity index (χ3n) is 2.87. The minimum atomic E-state index is -0.484. The highest BCUT2D eigenvalue weighted by molar-refractivity contribution is 6.32. The molecule has 0 aliphatic rings. The minimum Gasteiger partial charge on any atom is -0.457 e. The molecule has 0 aliphatic carbocycles. The highest BCUT2D eigenvalue weighted by atomic mass is 35.5. The third kappa shape index (κ3) is 2.88. The van der Waals surface area contributed by atoms with Crippen molar-refractivity contribution in [2.45, 2.75) is 20.5 Å². The summed E-state index contributed by atoms with van der Waals surface area (Å²) in [5.41, 5.74) is 1.92. The first-order valence-electron chi connectivity index (χ1n) is 5.85. The second kappa shape index (κ2) is 5.59. The van der Waals surface area contributed by atoms with Gasteiger partial charge in [-0.25, -0.2) is 4.39 Å². The normalized spacial score (nSPS) is 10.6. The molecule has 0 saturated carbocycles. The lowest BCUT2D eigenvalue weighted by Gasteiger charge is -2.12. The van der Waals surface area contributed by atoms with Crippen molar-refractivity contribution in [3.05, 3.63) is 57.9 Å². The summed E-state index contributed by atoms with van der Waals surface area (Å²) in [6.45, 7) is 3.34. The van der Waals surface area contributed by atoms with Crippen LogP contribution < -0.4 is 4.74 Å². The molecule has 1 N–H and O–H groups in total. The van der Waals surface area contributed by atoms with E-state index in [9.17, 15) is 9.50 Å². The summed E-state index contributed by atoms with van der Waals surface area (Å²) in [6, 6.07) is 8.01. The summed E-state index contributed by atoms with van der Waals surface area (Å²) in [5.74, 6) is 0.394. The smallest absolute Gasteiger partial charge is 0.135 e. The van der Waals surface area contributed by atoms with Gasteiger partial charge in [-0.15, -0.1) is 0 Å². The molecule has 0 aromatic heterocycles. The number of aryl methyl sites for hydroxylation is 2. The van der Waals surface area contributed by atoms with E-state index in [2.05, 4.69) is 0 Å². The fourth-order valence-electron chi connectivity index (χ4n) is 1.88. The van der Waals surface area contributed by atoms with Gasteiger partial charge in [-0.3, -0.25) is 0 Å². The van der Waals surface area contributed by atoms with Crippen LogP contribution in [0.4, 0.5) is 4.39 Å². The molecule has 0 unspecified atom stereocenters. The van der Waals surface area contributed by atoms with E-state index in [1.165, 1.54) is 6.07 Å². The zero-order valence-electron chi connectivity index (χ0n) is 10.7. The van der Waals surface area contributed by atoms with Gasteiger partial charge in [-0.1, -0.05) is 17.7 Å². The van der Waals surface area contributed by atoms with E-state index >= 15 is 0 Å². The van der Waals surface area contributed by atoms with Gasteiger partial charge in [0.25, 0.3) is 0 Å². The standard InChI is InChI=1S/C15H14ClFO2/c1-9-6-11(7-10(2)15(9)16)19-14-5-3-4-13(17)12(14)8-18/h3-7,18H,8H2,1-2H3. The number of benzene rings is 2. The fraction of sp³-hybridized carbons (Fsp3) is 0.200. The quantitative estimate of drug-likeness (QED) is 0.904. The van der Waals surface area contributed by atoms with E-state index in [0.29, 0.717) is 16.5 Å². The first kappa shape index (κ1) is 13.8. The van der Waals surface area contributed by atoms with Crippen molar-refractivity contribution in [3.8, 4) is 11.5 Å². The van der Waals surface area contributed by atoms with Crippen molar-refractivity contribution in [3.63, 3.8) is 0 Å². The zero-order valence-corrected chi connectivity index (χ0v) is 11.5. The molecule has 100 valence electrons. The van der Waals surface area contributed by atoms with Gasteiger partial charge in [0.1, 0.15) is 17.3 Å². The molecule has 0 bridgehead atoms. The van der Waals surface area contributed by atoms with Crippen LogP contribution in [0.5, 0.6) is 11.5 Å². The molecule has 2 aromatic carbocycles. The Bertz CT molecular complexity index is 588. The average molecular weight is 281 g/mol. The molecule has 0 aliphatic heterocycles. The molecule has 0 radical (unpaired) electrons. The SMILES string of the molecule is Cc1cc(Oc2cccc(F)c2CO)cc(C)c1Cl. The highest BCUT2D eigenvalue weighted by Crippen LogP contribution is 2.31. The summed E-state index contributed by atoms with van der Waals surface area (Å²) in [5, 5.41) is 9.88. The summed E-state index contributed by atoms with van der Waals surface area (Å²) >= 11 is 6.08. The molecule has 2 nitrogen and oxygen atoms in total. The molecule has 2 aromatic rings. The first-order chi connectivity index (χ1) is 9.02. The van der Waals surface area contributed by atoms with Crippen molar-refractivity contribution in [1.82, 2.24) is 0 Å². The predicted molar refractivity (Wildman–Crippen MR) is 73.3 cm³/mol. The molecule has 0 amide bonds. The Balaban J connectivity index is 2.39. The van der Waals surface area contributed by atoms with Crippen molar-refractivity contribution in [1.29, 1.82) is 0 Å². The van der Waals surface area contributed by atoms with E-state index in [1.807, 2.05) is 13.8 Å². The molecular weight excluding hydrogens is 267 g/mol. The largest absolute Gasteiger partial charge is 0.457 e. The second-order valence-electron chi connectivity index (χ2n) is 4.35. The van der Waals surface area contributed by atoms with Crippen LogP contribution in [-0.4, -0.2) is 5.11 Å². The van der Waals surface area contributed by atoms with Gasteiger partial charge in [0.15, 0.2) is 0 Å². The van der Waals surface area contributed by atoms with Crippen LogP contribution >= 0.6 is 11.6 Å². The van der Waals surface area contributed by atoms with Crippen LogP contribution in [0.3, 0.4) is 0 Å². The number of ether oxygens (including phenoxy) is 1. The lowest BCUT2D eigenvalue weighted by Crippen LogP contribution is -1.96. The Morgan fingerprint density at radius 3 is 2.42 bits per heavy atom. The van der Waals surface area contributed by atoms with Crippen LogP contribution in [0.25, 0.3) is 0 Å². The van der Waals surface area contributed by atoms with Crippen molar-refractivity contribution >= 4 is 11.6 Å². The Labute approximate surface area is 116 Å². The van der Waals surface area contributed by atoms with Crippen LogP contribution in [0.1, 0.15) is 16.7 Å². The number of aliphatic hydroxyl groups is 1. The van der Waals surface area contributed by atoms with Crippen LogP contribution in [-0.2, 0) is 6.61 Å². The lowest BCUT2D eigenvalue weighted by molar-refractivity contribution is 0.270. The molecule has 0 saturated heterocycles. The van der Waals surface area contributed by atoms with E-state index < -0.39 is 12.4 Å². The third-order valence-corrected chi connectivity index (χ3v) is 3.47. The Hall–Kier alpha value is -1.58. The van der Waals surface area contributed by atoms with Crippen molar-refractivity contribution < 1.29 is 14.2 Å². The zero-order chi connectivity index (χ0) is 14.0. The van der Waals surface area contributed by atoms with Gasteiger partial charge >= 0.3 is 0 Å². The highest BCUT2D eigenvalue weighted by Gasteiger charge is 2.10. The maximum atomic E-state index is 13.5. The van der Waals surface area contributed by atoms with Crippen LogP contribution in [0, 0.1) is 19.7 Å². The molecule has 0 heterocycles. The van der Waals surface area contributed by atoms with Crippen molar-refractivity contribution in [2.24, 2.45) is 0 Å². The van der Waals surface area contributed by atoms with Crippen LogP contribution in [0.2, 0.25) is 5.02 Å². The average Bonchev–Trinajstić information content (AvgIpc) is 2.36. The number of aliphatic hydroxyl groups excluding tert-OH is 1. The van der Waals surface area contributed by atoms with Crippen molar-refractivity contribution in [2.75, 3.05) is 0 Å². The topological polar surface area (TPSA) is 29.5 Å². The maximum absolute atomic E-state index is 13.5. The molecular formula is C15H14ClFO2. The number of rotatable bonds is 3. The Morgan fingerprint density at radius 2 is 1.84 bits per heavy atom. The van der Waals surface area contributed by atoms with E-state index in [4.69, 9.17) is 16.3 Å². The van der Waals surface area contributed by atoms with Crippen LogP contribution in [0.15, 0.2) is 30.3 Å². The molecule has 4 heteroatoms. The minimum absolute atomic E-state index is 0.146. The summed E-state index contributed by atoms with van der Waals surface area (Å²) in [7, 11) is 0. The Kier molecular flexibility index (Phi) is 4.08. The number of hydrogen-bond acceptors (Lipinski definition) is 2. The summed E-state index contributed by atoms with van der Waals surface area (Å²) < 4.78 is 19.2. The first-order valence-corrected chi connectivity index (χ1v) is 6.23. The van der Waals surface area contributed by atoms with E-state index in [-0.39, 0.29) is 5.56 Å². The molecule has 0 spiro atoms. The van der Waals surface area contributed by atoms with Gasteiger partial charge in [0.2, 0.25) is 0 Å². The Morgan fingerprint density at radius 1 is 1.21 bits per heavy atom. The lowest BCUT2D eigenvalue weighted by atomic mass is 10.1. The van der Waals surface area contributed by atoms with Gasteiger partial charge < -0.3 is 9.84 Å². The summed E-state index contributed by atoms with van der Waals surface area (Å²) in [6.07, 6.45) is 0.